The predicted molar refractivity (Wildman–Crippen MR) is 155 cm³/mol. The van der Waals surface area contributed by atoms with E-state index in [0.29, 0.717) is 29.2 Å². The molecule has 0 aromatic carbocycles. The number of hydrogen-bond donors (Lipinski definition) is 0. The van der Waals surface area contributed by atoms with E-state index in [1.54, 1.807) is 0 Å². The topological polar surface area (TPSA) is 17.3 Å². The third kappa shape index (κ3) is 6.11. The molecule has 4 aliphatic rings. The molecule has 196 valence electrons. The molecule has 0 spiro atoms. The molecular formula is C29H46Cl2N2SiTi-2. The van der Waals surface area contributed by atoms with Gasteiger partial charge in [0.1, 0.15) is 0 Å². The van der Waals surface area contributed by atoms with Crippen LogP contribution in [0.3, 0.4) is 0 Å². The number of nitrogens with zero attached hydrogens (tertiary/aromatic N) is 2. The van der Waals surface area contributed by atoms with Crippen molar-refractivity contribution in [2.75, 3.05) is 0 Å². The molecule has 0 radical (unpaired) electrons. The molecule has 1 heterocycles. The maximum absolute atomic E-state index is 4.89. The monoisotopic (exact) mass is 568 g/mol. The number of allylic oxidation sites excluding steroid dienone is 8. The van der Waals surface area contributed by atoms with E-state index in [2.05, 4.69) is 116 Å². The van der Waals surface area contributed by atoms with E-state index in [1.807, 2.05) is 6.20 Å². The summed E-state index contributed by atoms with van der Waals surface area (Å²) in [6, 6.07) is 0. The van der Waals surface area contributed by atoms with Gasteiger partial charge < -0.3 is 17.3 Å². The van der Waals surface area contributed by atoms with Crippen molar-refractivity contribution in [1.29, 1.82) is 0 Å². The standard InChI is InChI=1S/C28H43N2Si.CH3.2ClH.Ti/c1-26(2,3)19-11-13-21-22-14-12-20(27(4,5)6)18-24(22)25(23(21)17-19)31(9,10)30-16-15-29-28(30,7)8;;;;/h11-18,21-25H,1-10H3;1H3;2*1H;/q2*-1;;;+2/p-2. The number of rotatable bonds is 2. The SMILES string of the molecule is CC(C)(C)C1=CC2C(C=C1)C1C=CC(C(C)(C)C)=CC1C2[Si](C)(C)N1C=C[N-]C1(C)C.[CH3-].[Cl][Ti][Cl]. The Balaban J connectivity index is 0.00000103. The van der Waals surface area contributed by atoms with Crippen molar-refractivity contribution in [2.45, 2.75) is 79.7 Å². The van der Waals surface area contributed by atoms with E-state index in [1.165, 1.54) is 11.1 Å². The fraction of sp³-hybridized carbons (Fsp3) is 0.621. The fourth-order valence-electron chi connectivity index (χ4n) is 6.67. The summed E-state index contributed by atoms with van der Waals surface area (Å²) < 4.78 is 2.66. The molecule has 4 atom stereocenters. The minimum atomic E-state index is -1.87. The maximum atomic E-state index is 4.89. The number of halogens is 2. The zero-order chi connectivity index (χ0) is 25.7. The van der Waals surface area contributed by atoms with Crippen molar-refractivity contribution in [2.24, 2.45) is 34.5 Å². The molecule has 0 aromatic rings. The van der Waals surface area contributed by atoms with Crippen LogP contribution in [-0.4, -0.2) is 18.5 Å². The zero-order valence-corrected chi connectivity index (χ0v) is 27.7. The van der Waals surface area contributed by atoms with Gasteiger partial charge in [-0.2, -0.15) is 6.20 Å². The summed E-state index contributed by atoms with van der Waals surface area (Å²) in [7, 11) is 7.91. The van der Waals surface area contributed by atoms with Crippen LogP contribution in [0.25, 0.3) is 5.32 Å². The van der Waals surface area contributed by atoms with Gasteiger partial charge in [-0.25, -0.2) is 0 Å². The summed E-state index contributed by atoms with van der Waals surface area (Å²) in [6.07, 6.45) is 19.6. The van der Waals surface area contributed by atoms with Crippen molar-refractivity contribution < 1.29 is 17.0 Å². The molecule has 0 N–H and O–H groups in total. The Kier molecular flexibility index (Phi) is 9.66. The number of fused-ring (bicyclic) bond motifs is 3. The van der Waals surface area contributed by atoms with E-state index in [0.717, 1.165) is 0 Å². The molecule has 0 aromatic heterocycles. The van der Waals surface area contributed by atoms with Gasteiger partial charge in [0.2, 0.25) is 0 Å². The molecule has 0 amide bonds. The molecule has 1 saturated carbocycles. The van der Waals surface area contributed by atoms with E-state index < -0.39 is 25.3 Å². The van der Waals surface area contributed by atoms with Gasteiger partial charge in [-0.05, 0) is 63.1 Å². The van der Waals surface area contributed by atoms with E-state index in [4.69, 9.17) is 23.9 Å². The molecule has 35 heavy (non-hydrogen) atoms. The van der Waals surface area contributed by atoms with Gasteiger partial charge in [-0.15, -0.1) is 0 Å². The van der Waals surface area contributed by atoms with Gasteiger partial charge >= 0.3 is 35.6 Å². The van der Waals surface area contributed by atoms with Crippen molar-refractivity contribution in [3.05, 3.63) is 72.7 Å². The second kappa shape index (κ2) is 10.9. The predicted octanol–water partition coefficient (Wildman–Crippen LogP) is 9.85. The molecule has 0 bridgehead atoms. The Morgan fingerprint density at radius 1 is 0.857 bits per heavy atom. The Morgan fingerprint density at radius 3 is 1.57 bits per heavy atom. The summed E-state index contributed by atoms with van der Waals surface area (Å²) in [4.78, 5) is 0. The van der Waals surface area contributed by atoms with Crippen molar-refractivity contribution in [1.82, 2.24) is 4.57 Å². The Labute approximate surface area is 234 Å². The normalized spacial score (nSPS) is 30.7. The van der Waals surface area contributed by atoms with Crippen LogP contribution in [-0.2, 0) is 17.0 Å². The van der Waals surface area contributed by atoms with E-state index in [9.17, 15) is 0 Å². The van der Waals surface area contributed by atoms with Gasteiger partial charge in [-0.3, -0.25) is 0 Å². The average Bonchev–Trinajstić information content (AvgIpc) is 3.23. The second-order valence-corrected chi connectivity index (χ2v) is 20.3. The van der Waals surface area contributed by atoms with Crippen molar-refractivity contribution in [3.8, 4) is 0 Å². The summed E-state index contributed by atoms with van der Waals surface area (Å²) >= 11 is -0.556. The molecule has 6 heteroatoms. The Morgan fingerprint density at radius 2 is 1.26 bits per heavy atom. The van der Waals surface area contributed by atoms with Gasteiger partial charge in [0, 0.05) is 0 Å². The molecule has 4 unspecified atom stereocenters. The summed E-state index contributed by atoms with van der Waals surface area (Å²) in [6.45, 7) is 23.9. The molecule has 1 aliphatic heterocycles. The van der Waals surface area contributed by atoms with Crippen LogP contribution in [0.1, 0.15) is 55.4 Å². The minimum absolute atomic E-state index is 0. The molecular weight excluding hydrogens is 523 g/mol. The molecule has 0 saturated heterocycles. The van der Waals surface area contributed by atoms with Gasteiger partial charge in [0.25, 0.3) is 0 Å². The van der Waals surface area contributed by atoms with Crippen LogP contribution >= 0.6 is 18.6 Å². The number of hydrogen-bond acceptors (Lipinski definition) is 1. The van der Waals surface area contributed by atoms with Gasteiger partial charge in [-0.1, -0.05) is 105 Å². The van der Waals surface area contributed by atoms with Gasteiger partial charge in [0.15, 0.2) is 8.24 Å². The van der Waals surface area contributed by atoms with Crippen LogP contribution in [0.2, 0.25) is 18.6 Å². The van der Waals surface area contributed by atoms with Crippen LogP contribution < -0.4 is 0 Å². The first-order valence-corrected chi connectivity index (χ1v) is 19.8. The zero-order valence-electron chi connectivity index (χ0n) is 23.7. The summed E-state index contributed by atoms with van der Waals surface area (Å²) in [5.41, 5.74) is 3.92. The summed E-state index contributed by atoms with van der Waals surface area (Å²) in [5, 5.41) is 4.82. The van der Waals surface area contributed by atoms with Gasteiger partial charge in [0.05, 0.1) is 0 Å². The average molecular weight is 570 g/mol. The first kappa shape index (κ1) is 31.0. The fourth-order valence-corrected chi connectivity index (χ4v) is 11.4. The van der Waals surface area contributed by atoms with E-state index in [-0.39, 0.29) is 23.9 Å². The quantitative estimate of drug-likeness (QED) is 0.239. The second-order valence-electron chi connectivity index (χ2n) is 13.3. The Bertz CT molecular complexity index is 866. The summed E-state index contributed by atoms with van der Waals surface area (Å²) in [5.74, 6) is 2.41. The van der Waals surface area contributed by atoms with Crippen molar-refractivity contribution >= 4 is 26.8 Å². The molecule has 2 nitrogen and oxygen atoms in total. The third-order valence-corrected chi connectivity index (χ3v) is 12.6. The molecule has 4 rings (SSSR count). The molecule has 3 aliphatic carbocycles. The van der Waals surface area contributed by atoms with E-state index >= 15 is 0 Å². The Hall–Kier alpha value is -0.189. The third-order valence-electron chi connectivity index (χ3n) is 8.27. The van der Waals surface area contributed by atoms with Crippen LogP contribution in [0.5, 0.6) is 0 Å². The van der Waals surface area contributed by atoms with Crippen LogP contribution in [0.4, 0.5) is 0 Å². The first-order valence-electron chi connectivity index (χ1n) is 12.5. The molecule has 1 fully saturated rings. The first-order chi connectivity index (χ1) is 15.6. The van der Waals surface area contributed by atoms with Crippen molar-refractivity contribution in [3.63, 3.8) is 0 Å². The van der Waals surface area contributed by atoms with Crippen LogP contribution in [0.15, 0.2) is 60.0 Å². The van der Waals surface area contributed by atoms with Crippen LogP contribution in [0, 0.1) is 41.9 Å².